The fourth-order valence-electron chi connectivity index (χ4n) is 8.04. The van der Waals surface area contributed by atoms with E-state index in [4.69, 9.17) is 0 Å². The predicted octanol–water partition coefficient (Wildman–Crippen LogP) is 5.18. The van der Waals surface area contributed by atoms with Gasteiger partial charge in [0.15, 0.2) is 0 Å². The van der Waals surface area contributed by atoms with Crippen molar-refractivity contribution < 1.29 is 4.79 Å². The summed E-state index contributed by atoms with van der Waals surface area (Å²) in [6.07, 6.45) is 7.31. The molecule has 4 bridgehead atoms. The molecular formula is C29H36N2O. The SMILES string of the molecule is Cc1ccc(C23C[C@@H]4C[C@H](CC(C(=O)N5CCN(Cc6ccccc6)CC5)(C4)C2)C3)cc1. The number of carbonyl (C=O) groups excluding carboxylic acids is 1. The highest BCUT2D eigenvalue weighted by molar-refractivity contribution is 5.84. The highest BCUT2D eigenvalue weighted by atomic mass is 16.2. The van der Waals surface area contributed by atoms with Crippen LogP contribution in [-0.2, 0) is 16.8 Å². The average Bonchev–Trinajstić information content (AvgIpc) is 2.79. The fourth-order valence-corrected chi connectivity index (χ4v) is 8.04. The molecule has 3 nitrogen and oxygen atoms in total. The molecule has 4 aliphatic carbocycles. The van der Waals surface area contributed by atoms with Crippen LogP contribution in [0.5, 0.6) is 0 Å². The Morgan fingerprint density at radius 2 is 1.53 bits per heavy atom. The summed E-state index contributed by atoms with van der Waals surface area (Å²) in [4.78, 5) is 18.8. The van der Waals surface area contributed by atoms with Gasteiger partial charge in [0.2, 0.25) is 5.91 Å². The van der Waals surface area contributed by atoms with Gasteiger partial charge in [0.1, 0.15) is 0 Å². The molecule has 4 saturated carbocycles. The molecule has 3 heteroatoms. The molecule has 168 valence electrons. The number of hydrogen-bond donors (Lipinski definition) is 0. The molecule has 0 unspecified atom stereocenters. The van der Waals surface area contributed by atoms with E-state index in [2.05, 4.69) is 71.3 Å². The molecule has 2 aromatic carbocycles. The molecule has 0 N–H and O–H groups in total. The minimum Gasteiger partial charge on any atom is -0.340 e. The van der Waals surface area contributed by atoms with Crippen molar-refractivity contribution in [3.8, 4) is 0 Å². The summed E-state index contributed by atoms with van der Waals surface area (Å²) >= 11 is 0. The summed E-state index contributed by atoms with van der Waals surface area (Å²) in [6.45, 7) is 6.93. The molecule has 32 heavy (non-hydrogen) atoms. The maximum atomic E-state index is 14.1. The van der Waals surface area contributed by atoms with E-state index < -0.39 is 0 Å². The Morgan fingerprint density at radius 1 is 0.875 bits per heavy atom. The highest BCUT2D eigenvalue weighted by Gasteiger charge is 2.61. The van der Waals surface area contributed by atoms with E-state index in [1.54, 1.807) is 0 Å². The Labute approximate surface area is 192 Å². The van der Waals surface area contributed by atoms with Crippen LogP contribution in [0.25, 0.3) is 0 Å². The summed E-state index contributed by atoms with van der Waals surface area (Å²) < 4.78 is 0. The molecule has 7 rings (SSSR count). The molecule has 1 saturated heterocycles. The van der Waals surface area contributed by atoms with Crippen LogP contribution in [0.2, 0.25) is 0 Å². The second-order valence-electron chi connectivity index (χ2n) is 11.4. The molecule has 0 aromatic heterocycles. The van der Waals surface area contributed by atoms with Crippen molar-refractivity contribution in [3.63, 3.8) is 0 Å². The first-order chi connectivity index (χ1) is 15.5. The molecule has 5 fully saturated rings. The zero-order chi connectivity index (χ0) is 21.8. The Kier molecular flexibility index (Phi) is 4.94. The number of carbonyl (C=O) groups is 1. The fraction of sp³-hybridized carbons (Fsp3) is 0.552. The molecule has 0 spiro atoms. The van der Waals surface area contributed by atoms with Gasteiger partial charge in [-0.05, 0) is 73.8 Å². The topological polar surface area (TPSA) is 23.6 Å². The zero-order valence-electron chi connectivity index (χ0n) is 19.4. The molecule has 0 radical (unpaired) electrons. The van der Waals surface area contributed by atoms with E-state index in [0.717, 1.165) is 63.8 Å². The third-order valence-corrected chi connectivity index (χ3v) is 9.09. The first kappa shape index (κ1) is 20.5. The van der Waals surface area contributed by atoms with Crippen LogP contribution in [0.15, 0.2) is 54.6 Å². The van der Waals surface area contributed by atoms with Gasteiger partial charge in [0.25, 0.3) is 0 Å². The highest BCUT2D eigenvalue weighted by Crippen LogP contribution is 2.66. The Hall–Kier alpha value is -2.13. The van der Waals surface area contributed by atoms with E-state index >= 15 is 0 Å². The number of piperazine rings is 1. The smallest absolute Gasteiger partial charge is 0.228 e. The van der Waals surface area contributed by atoms with Gasteiger partial charge >= 0.3 is 0 Å². The Bertz CT molecular complexity index is 960. The normalized spacial score (nSPS) is 34.1. The third-order valence-electron chi connectivity index (χ3n) is 9.09. The van der Waals surface area contributed by atoms with Crippen LogP contribution in [0.1, 0.15) is 55.2 Å². The maximum absolute atomic E-state index is 14.1. The van der Waals surface area contributed by atoms with Crippen LogP contribution < -0.4 is 0 Å². The number of hydrogen-bond acceptors (Lipinski definition) is 2. The summed E-state index contributed by atoms with van der Waals surface area (Å²) in [5.74, 6) is 1.96. The van der Waals surface area contributed by atoms with E-state index in [0.29, 0.717) is 5.91 Å². The van der Waals surface area contributed by atoms with Gasteiger partial charge in [-0.1, -0.05) is 60.2 Å². The van der Waals surface area contributed by atoms with Crippen molar-refractivity contribution >= 4 is 5.91 Å². The van der Waals surface area contributed by atoms with Crippen LogP contribution in [0, 0.1) is 24.2 Å². The van der Waals surface area contributed by atoms with Gasteiger partial charge in [0, 0.05) is 32.7 Å². The van der Waals surface area contributed by atoms with Crippen LogP contribution in [0.4, 0.5) is 0 Å². The van der Waals surface area contributed by atoms with Gasteiger partial charge in [-0.3, -0.25) is 9.69 Å². The summed E-state index contributed by atoms with van der Waals surface area (Å²) in [5.41, 5.74) is 4.34. The standard InChI is InChI=1S/C29H36N2O/c1-22-7-9-26(10-8-22)28-16-24-15-25(17-28)19-29(18-24,21-28)27(32)31-13-11-30(12-14-31)20-23-5-3-2-4-6-23/h2-10,24-25H,11-21H2,1H3/t24-,25-,28?,29?/m0/s1. The molecule has 5 aliphatic rings. The summed E-state index contributed by atoms with van der Waals surface area (Å²) in [5, 5.41) is 0. The first-order valence-corrected chi connectivity index (χ1v) is 12.7. The minimum absolute atomic E-state index is 0.101. The van der Waals surface area contributed by atoms with E-state index in [-0.39, 0.29) is 10.8 Å². The van der Waals surface area contributed by atoms with Crippen LogP contribution >= 0.6 is 0 Å². The lowest BCUT2D eigenvalue weighted by molar-refractivity contribution is -0.162. The molecule has 1 heterocycles. The second kappa shape index (κ2) is 7.73. The monoisotopic (exact) mass is 428 g/mol. The molecular weight excluding hydrogens is 392 g/mol. The maximum Gasteiger partial charge on any atom is 0.228 e. The molecule has 2 aromatic rings. The third kappa shape index (κ3) is 3.50. The van der Waals surface area contributed by atoms with Crippen molar-refractivity contribution in [1.82, 2.24) is 9.80 Å². The van der Waals surface area contributed by atoms with Gasteiger partial charge in [-0.15, -0.1) is 0 Å². The summed E-state index contributed by atoms with van der Waals surface area (Å²) in [7, 11) is 0. The minimum atomic E-state index is -0.101. The first-order valence-electron chi connectivity index (χ1n) is 12.7. The van der Waals surface area contributed by atoms with Gasteiger partial charge in [-0.25, -0.2) is 0 Å². The largest absolute Gasteiger partial charge is 0.340 e. The van der Waals surface area contributed by atoms with Crippen molar-refractivity contribution in [1.29, 1.82) is 0 Å². The lowest BCUT2D eigenvalue weighted by Gasteiger charge is -2.62. The Morgan fingerprint density at radius 3 is 2.19 bits per heavy atom. The van der Waals surface area contributed by atoms with Gasteiger partial charge in [-0.2, -0.15) is 0 Å². The van der Waals surface area contributed by atoms with Crippen LogP contribution in [0.3, 0.4) is 0 Å². The number of nitrogens with zero attached hydrogens (tertiary/aromatic N) is 2. The van der Waals surface area contributed by atoms with Crippen molar-refractivity contribution in [2.45, 2.75) is 57.4 Å². The van der Waals surface area contributed by atoms with E-state index in [1.165, 1.54) is 36.0 Å². The van der Waals surface area contributed by atoms with Crippen molar-refractivity contribution in [2.24, 2.45) is 17.3 Å². The number of aryl methyl sites for hydroxylation is 1. The number of rotatable bonds is 4. The van der Waals surface area contributed by atoms with Gasteiger partial charge in [0.05, 0.1) is 5.41 Å². The number of amides is 1. The number of benzene rings is 2. The van der Waals surface area contributed by atoms with E-state index in [9.17, 15) is 4.79 Å². The van der Waals surface area contributed by atoms with E-state index in [1.807, 2.05) is 0 Å². The Balaban J connectivity index is 1.18. The zero-order valence-corrected chi connectivity index (χ0v) is 19.4. The summed E-state index contributed by atoms with van der Waals surface area (Å²) in [6, 6.07) is 20.0. The lowest BCUT2D eigenvalue weighted by Crippen LogP contribution is -2.61. The molecule has 1 amide bonds. The van der Waals surface area contributed by atoms with Crippen LogP contribution in [-0.4, -0.2) is 41.9 Å². The van der Waals surface area contributed by atoms with Crippen molar-refractivity contribution in [3.05, 3.63) is 71.3 Å². The molecule has 1 aliphatic heterocycles. The second-order valence-corrected chi connectivity index (χ2v) is 11.4. The van der Waals surface area contributed by atoms with Gasteiger partial charge < -0.3 is 4.90 Å². The lowest BCUT2D eigenvalue weighted by atomic mass is 9.42. The molecule has 2 atom stereocenters. The quantitative estimate of drug-likeness (QED) is 0.670. The predicted molar refractivity (Wildman–Crippen MR) is 128 cm³/mol. The average molecular weight is 429 g/mol. The van der Waals surface area contributed by atoms with Crippen molar-refractivity contribution in [2.75, 3.05) is 26.2 Å².